The summed E-state index contributed by atoms with van der Waals surface area (Å²) in [5, 5.41) is 3.08. The van der Waals surface area contributed by atoms with Crippen molar-refractivity contribution < 1.29 is 23.9 Å². The average molecular weight is 1010 g/mol. The molecular formula is C66H119NO5. The van der Waals surface area contributed by atoms with Crippen molar-refractivity contribution in [3.8, 4) is 0 Å². The van der Waals surface area contributed by atoms with Crippen molar-refractivity contribution in [2.24, 2.45) is 58.2 Å². The smallest absolute Gasteiger partial charge is 0.328 e. The second kappa shape index (κ2) is 34.7. The molecule has 0 aromatic heterocycles. The number of esters is 2. The third-order valence-corrected chi connectivity index (χ3v) is 20.2. The molecule has 3 saturated carbocycles. The van der Waals surface area contributed by atoms with Crippen molar-refractivity contribution >= 4 is 17.8 Å². The monoisotopic (exact) mass is 1010 g/mol. The Morgan fingerprint density at radius 1 is 0.625 bits per heavy atom. The number of hydrogen-bond acceptors (Lipinski definition) is 5. The number of rotatable bonds is 40. The molecule has 3 fully saturated rings. The summed E-state index contributed by atoms with van der Waals surface area (Å²) in [6, 6.07) is -0.843. The first-order valence-corrected chi connectivity index (χ1v) is 32.2. The van der Waals surface area contributed by atoms with Gasteiger partial charge in [0.05, 0.1) is 6.61 Å². The molecule has 0 saturated heterocycles. The van der Waals surface area contributed by atoms with E-state index in [2.05, 4.69) is 73.7 Å². The summed E-state index contributed by atoms with van der Waals surface area (Å²) < 4.78 is 12.4. The molecule has 6 heteroatoms. The van der Waals surface area contributed by atoms with Crippen LogP contribution in [0.5, 0.6) is 0 Å². The largest absolute Gasteiger partial charge is 0.465 e. The van der Waals surface area contributed by atoms with Crippen molar-refractivity contribution in [1.29, 1.82) is 0 Å². The number of nitrogens with one attached hydrogen (secondary N) is 1. The number of ether oxygens (including phenoxy) is 2. The van der Waals surface area contributed by atoms with Crippen LogP contribution in [-0.2, 0) is 23.9 Å². The highest BCUT2D eigenvalue weighted by atomic mass is 16.5. The predicted octanol–water partition coefficient (Wildman–Crippen LogP) is 19.2. The molecule has 0 aliphatic heterocycles. The van der Waals surface area contributed by atoms with Crippen LogP contribution in [0.25, 0.3) is 0 Å². The van der Waals surface area contributed by atoms with Gasteiger partial charge in [-0.2, -0.15) is 0 Å². The Labute approximate surface area is 446 Å². The van der Waals surface area contributed by atoms with Crippen LogP contribution in [0.1, 0.15) is 313 Å². The maximum Gasteiger partial charge on any atom is 0.328 e. The molecule has 11 atom stereocenters. The van der Waals surface area contributed by atoms with E-state index in [-0.39, 0.29) is 42.2 Å². The van der Waals surface area contributed by atoms with Gasteiger partial charge in [0.25, 0.3) is 0 Å². The second-order valence-corrected chi connectivity index (χ2v) is 25.9. The molecule has 0 spiro atoms. The normalized spacial score (nSPS) is 26.5. The molecule has 1 N–H and O–H groups in total. The van der Waals surface area contributed by atoms with Gasteiger partial charge in [0.2, 0.25) is 5.91 Å². The molecule has 0 heterocycles. The summed E-state index contributed by atoms with van der Waals surface area (Å²) in [6.07, 6.45) is 47.5. The zero-order valence-corrected chi connectivity index (χ0v) is 49.2. The van der Waals surface area contributed by atoms with E-state index in [0.29, 0.717) is 30.3 Å². The fourth-order valence-electron chi connectivity index (χ4n) is 15.4. The fourth-order valence-corrected chi connectivity index (χ4v) is 15.4. The Kier molecular flexibility index (Phi) is 30.2. The lowest BCUT2D eigenvalue weighted by Gasteiger charge is -2.58. The Bertz CT molecular complexity index is 1520. The lowest BCUT2D eigenvalue weighted by molar-refractivity contribution is -0.156. The highest BCUT2D eigenvalue weighted by molar-refractivity contribution is 5.85. The number of fused-ring (bicyclic) bond motifs is 5. The van der Waals surface area contributed by atoms with Gasteiger partial charge in [-0.05, 0) is 135 Å². The quantitative estimate of drug-likeness (QED) is 0.0376. The summed E-state index contributed by atoms with van der Waals surface area (Å²) in [7, 11) is 0. The molecule has 1 amide bonds. The maximum atomic E-state index is 14.2. The van der Waals surface area contributed by atoms with E-state index >= 15 is 0 Å². The van der Waals surface area contributed by atoms with Gasteiger partial charge in [-0.1, -0.05) is 228 Å². The molecular weight excluding hydrogens is 887 g/mol. The van der Waals surface area contributed by atoms with Crippen molar-refractivity contribution in [3.05, 3.63) is 11.6 Å². The second-order valence-electron chi connectivity index (χ2n) is 25.9. The van der Waals surface area contributed by atoms with Crippen LogP contribution in [0.2, 0.25) is 0 Å². The van der Waals surface area contributed by atoms with Gasteiger partial charge < -0.3 is 14.8 Å². The highest BCUT2D eigenvalue weighted by Gasteiger charge is 2.59. The Morgan fingerprint density at radius 3 is 1.76 bits per heavy atom. The number of unbranched alkanes of at least 4 members (excludes halogenated alkanes) is 20. The third kappa shape index (κ3) is 20.6. The van der Waals surface area contributed by atoms with Crippen LogP contribution < -0.4 is 5.32 Å². The van der Waals surface area contributed by atoms with Gasteiger partial charge in [0.15, 0.2) is 0 Å². The molecule has 418 valence electrons. The van der Waals surface area contributed by atoms with Gasteiger partial charge in [-0.3, -0.25) is 9.59 Å². The maximum absolute atomic E-state index is 14.2. The van der Waals surface area contributed by atoms with Crippen LogP contribution in [0.3, 0.4) is 0 Å². The fraction of sp³-hybridized carbons (Fsp3) is 0.924. The van der Waals surface area contributed by atoms with Crippen LogP contribution in [0.4, 0.5) is 0 Å². The lowest BCUT2D eigenvalue weighted by Crippen LogP contribution is -2.51. The zero-order chi connectivity index (χ0) is 52.2. The number of amides is 1. The highest BCUT2D eigenvalue weighted by Crippen LogP contribution is 2.67. The van der Waals surface area contributed by atoms with Crippen molar-refractivity contribution in [3.63, 3.8) is 0 Å². The lowest BCUT2D eigenvalue weighted by atomic mass is 9.47. The summed E-state index contributed by atoms with van der Waals surface area (Å²) >= 11 is 0. The van der Waals surface area contributed by atoms with Crippen LogP contribution in [0, 0.1) is 58.2 Å². The number of hydrogen-bond donors (Lipinski definition) is 1. The molecule has 2 unspecified atom stereocenters. The third-order valence-electron chi connectivity index (χ3n) is 20.2. The first kappa shape index (κ1) is 62.7. The standard InChI is InChI=1S/C66H119NO5/c1-10-14-17-20-23-25-27-30-33-36-62(68)67-61(43-44-63(69)71-50-53(34-31-28-22-19-16-12-3)35-32-29-26-24-21-18-15-11-2)64(70)72-56-45-47-65(8)55(49-56)39-40-57-59-42-41-58(66(59,9)48-46-60(57)65)52(7)37-38-54(13-4)51(5)6/h39,51-54,56-61H,10-38,40-50H2,1-9H3,(H,67,68)/t52-,53?,54-,56?,57-,58+,59-,60-,61-,65-,66+/m0/s1. The van der Waals surface area contributed by atoms with E-state index in [0.717, 1.165) is 86.9 Å². The average Bonchev–Trinajstić information content (AvgIpc) is 3.72. The molecule has 4 aliphatic rings. The van der Waals surface area contributed by atoms with E-state index < -0.39 is 6.04 Å². The molecule has 0 aromatic rings. The first-order chi connectivity index (χ1) is 34.8. The van der Waals surface area contributed by atoms with E-state index in [9.17, 15) is 14.4 Å². The molecule has 0 aromatic carbocycles. The topological polar surface area (TPSA) is 81.7 Å². The van der Waals surface area contributed by atoms with E-state index in [1.165, 1.54) is 185 Å². The van der Waals surface area contributed by atoms with Gasteiger partial charge in [-0.25, -0.2) is 4.79 Å². The Hall–Kier alpha value is -1.85. The summed E-state index contributed by atoms with van der Waals surface area (Å²) in [5.74, 6) is 5.19. The number of carbonyl (C=O) groups excluding carboxylic acids is 3. The van der Waals surface area contributed by atoms with Crippen molar-refractivity contribution in [1.82, 2.24) is 5.32 Å². The molecule has 0 bridgehead atoms. The van der Waals surface area contributed by atoms with Crippen LogP contribution in [0.15, 0.2) is 11.6 Å². The number of allylic oxidation sites excluding steroid dienone is 1. The van der Waals surface area contributed by atoms with E-state index in [1.54, 1.807) is 0 Å². The van der Waals surface area contributed by atoms with Gasteiger partial charge in [-0.15, -0.1) is 0 Å². The molecule has 0 radical (unpaired) electrons. The molecule has 72 heavy (non-hydrogen) atoms. The minimum atomic E-state index is -0.843. The summed E-state index contributed by atoms with van der Waals surface area (Å²) in [4.78, 5) is 41.2. The van der Waals surface area contributed by atoms with Crippen molar-refractivity contribution in [2.45, 2.75) is 325 Å². The molecule has 4 rings (SSSR count). The van der Waals surface area contributed by atoms with Gasteiger partial charge >= 0.3 is 11.9 Å². The SMILES string of the molecule is CCCCCCCCCCCC(=O)N[C@@H](CCC(=O)OCC(CCCCCCCC)CCCCCCCCCC)C(=O)OC1CC[C@@]2(C)C(=CC[C@H]3[C@@H]4CC[C@H]([C@@H](C)CC[C@H](CC)C(C)C)[C@@]4(C)CC[C@@H]32)C1. The summed E-state index contributed by atoms with van der Waals surface area (Å²) in [6.45, 7) is 22.3. The number of carbonyl (C=O) groups is 3. The van der Waals surface area contributed by atoms with Crippen LogP contribution >= 0.6 is 0 Å². The molecule has 6 nitrogen and oxygen atoms in total. The Balaban J connectivity index is 1.34. The van der Waals surface area contributed by atoms with Crippen molar-refractivity contribution in [2.75, 3.05) is 6.61 Å². The summed E-state index contributed by atoms with van der Waals surface area (Å²) in [5.41, 5.74) is 2.13. The minimum absolute atomic E-state index is 0.105. The first-order valence-electron chi connectivity index (χ1n) is 32.2. The van der Waals surface area contributed by atoms with Crippen LogP contribution in [-0.4, -0.2) is 36.6 Å². The van der Waals surface area contributed by atoms with E-state index in [4.69, 9.17) is 9.47 Å². The molecule has 4 aliphatic carbocycles. The Morgan fingerprint density at radius 2 is 1.19 bits per heavy atom. The minimum Gasteiger partial charge on any atom is -0.465 e. The van der Waals surface area contributed by atoms with Gasteiger partial charge in [0, 0.05) is 19.3 Å². The van der Waals surface area contributed by atoms with Gasteiger partial charge in [0.1, 0.15) is 12.1 Å². The zero-order valence-electron chi connectivity index (χ0n) is 49.2. The predicted molar refractivity (Wildman–Crippen MR) is 305 cm³/mol. The van der Waals surface area contributed by atoms with E-state index in [1.807, 2.05) is 0 Å².